The topological polar surface area (TPSA) is 51.9 Å². The van der Waals surface area contributed by atoms with Crippen molar-refractivity contribution >= 4 is 34.0 Å². The summed E-state index contributed by atoms with van der Waals surface area (Å²) in [6.07, 6.45) is 0. The second kappa shape index (κ2) is 7.34. The van der Waals surface area contributed by atoms with Gasteiger partial charge in [0.05, 0.1) is 24.4 Å². The number of nitrogens with zero attached hydrogens (tertiary/aromatic N) is 4. The quantitative estimate of drug-likeness (QED) is 0.657. The number of para-hydroxylation sites is 1. The molecule has 0 saturated heterocycles. The molecule has 0 aliphatic carbocycles. The molecule has 0 saturated carbocycles. The minimum Gasteiger partial charge on any atom is -0.383 e. The number of hydrogen-bond donors (Lipinski definition) is 0. The van der Waals surface area contributed by atoms with Gasteiger partial charge < -0.3 is 14.4 Å². The summed E-state index contributed by atoms with van der Waals surface area (Å²) >= 11 is 6.41. The zero-order valence-corrected chi connectivity index (χ0v) is 14.9. The number of rotatable bonds is 7. The number of fused-ring (bicyclic) bond motifs is 3. The van der Waals surface area contributed by atoms with Crippen molar-refractivity contribution in [1.82, 2.24) is 14.6 Å². The molecule has 0 unspecified atom stereocenters. The van der Waals surface area contributed by atoms with Gasteiger partial charge in [-0.15, -0.1) is 0 Å². The average molecular weight is 349 g/mol. The van der Waals surface area contributed by atoms with E-state index in [9.17, 15) is 0 Å². The van der Waals surface area contributed by atoms with Gasteiger partial charge >= 0.3 is 0 Å². The van der Waals surface area contributed by atoms with Crippen LogP contribution in [-0.2, 0) is 9.47 Å². The molecule has 0 radical (unpaired) electrons. The van der Waals surface area contributed by atoms with E-state index in [1.807, 2.05) is 25.1 Å². The standard InChI is InChI=1S/C17H21ClN4O2/c1-12-15(18)17-19-16(21(8-10-23-2)9-11-24-3)13-6-4-5-7-14(13)22(17)20-12/h4-7H,8-11H2,1-3H3. The molecule has 128 valence electrons. The Morgan fingerprint density at radius 1 is 1.12 bits per heavy atom. The van der Waals surface area contributed by atoms with Crippen LogP contribution in [-0.4, -0.2) is 55.1 Å². The first-order valence-electron chi connectivity index (χ1n) is 7.83. The summed E-state index contributed by atoms with van der Waals surface area (Å²) < 4.78 is 12.3. The summed E-state index contributed by atoms with van der Waals surface area (Å²) in [4.78, 5) is 6.97. The van der Waals surface area contributed by atoms with E-state index in [0.29, 0.717) is 23.9 Å². The second-order valence-electron chi connectivity index (χ2n) is 5.56. The molecular formula is C17H21ClN4O2. The van der Waals surface area contributed by atoms with E-state index in [2.05, 4.69) is 16.1 Å². The number of methoxy groups -OCH3 is 2. The van der Waals surface area contributed by atoms with Crippen LogP contribution in [0.3, 0.4) is 0 Å². The molecule has 0 spiro atoms. The number of benzene rings is 1. The molecule has 0 aliphatic rings. The smallest absolute Gasteiger partial charge is 0.176 e. The van der Waals surface area contributed by atoms with Crippen molar-refractivity contribution in [2.24, 2.45) is 0 Å². The minimum atomic E-state index is 0.584. The molecule has 24 heavy (non-hydrogen) atoms. The van der Waals surface area contributed by atoms with Crippen LogP contribution in [0.15, 0.2) is 24.3 Å². The van der Waals surface area contributed by atoms with Crippen LogP contribution < -0.4 is 4.90 Å². The molecule has 0 fully saturated rings. The van der Waals surface area contributed by atoms with Gasteiger partial charge in [-0.3, -0.25) is 0 Å². The highest BCUT2D eigenvalue weighted by Crippen LogP contribution is 2.30. The van der Waals surface area contributed by atoms with Gasteiger partial charge in [-0.25, -0.2) is 9.50 Å². The number of ether oxygens (including phenoxy) is 2. The number of aromatic nitrogens is 3. The summed E-state index contributed by atoms with van der Waals surface area (Å²) in [5.41, 5.74) is 2.42. The van der Waals surface area contributed by atoms with Crippen LogP contribution in [0, 0.1) is 6.92 Å². The fraction of sp³-hybridized carbons (Fsp3) is 0.412. The maximum atomic E-state index is 6.41. The van der Waals surface area contributed by atoms with Crippen molar-refractivity contribution in [3.8, 4) is 0 Å². The Morgan fingerprint density at radius 3 is 2.46 bits per heavy atom. The molecule has 0 N–H and O–H groups in total. The zero-order valence-electron chi connectivity index (χ0n) is 14.1. The molecule has 2 aromatic heterocycles. The minimum absolute atomic E-state index is 0.584. The van der Waals surface area contributed by atoms with Gasteiger partial charge in [0.1, 0.15) is 10.8 Å². The number of halogens is 1. The maximum Gasteiger partial charge on any atom is 0.176 e. The predicted octanol–water partition coefficient (Wildman–Crippen LogP) is 2.94. The third kappa shape index (κ3) is 3.05. The van der Waals surface area contributed by atoms with Crippen LogP contribution in [0.4, 0.5) is 5.82 Å². The Kier molecular flexibility index (Phi) is 5.18. The molecule has 0 atom stereocenters. The molecule has 0 aliphatic heterocycles. The van der Waals surface area contributed by atoms with E-state index in [4.69, 9.17) is 26.1 Å². The van der Waals surface area contributed by atoms with E-state index >= 15 is 0 Å². The fourth-order valence-electron chi connectivity index (χ4n) is 2.74. The number of anilines is 1. The van der Waals surface area contributed by atoms with Crippen LogP contribution in [0.25, 0.3) is 16.6 Å². The van der Waals surface area contributed by atoms with Crippen molar-refractivity contribution in [2.45, 2.75) is 6.92 Å². The Bertz CT molecular complexity index is 841. The maximum absolute atomic E-state index is 6.41. The van der Waals surface area contributed by atoms with Gasteiger partial charge in [-0.1, -0.05) is 23.7 Å². The first-order chi connectivity index (χ1) is 11.7. The molecule has 6 nitrogen and oxygen atoms in total. The fourth-order valence-corrected chi connectivity index (χ4v) is 2.90. The number of hydrogen-bond acceptors (Lipinski definition) is 5. The zero-order chi connectivity index (χ0) is 17.1. The molecule has 7 heteroatoms. The van der Waals surface area contributed by atoms with Gasteiger partial charge in [0.25, 0.3) is 0 Å². The predicted molar refractivity (Wildman–Crippen MR) is 96.2 cm³/mol. The van der Waals surface area contributed by atoms with Crippen LogP contribution in [0.1, 0.15) is 5.69 Å². The van der Waals surface area contributed by atoms with Gasteiger partial charge in [0, 0.05) is 32.7 Å². The summed E-state index contributed by atoms with van der Waals surface area (Å²) in [7, 11) is 3.39. The summed E-state index contributed by atoms with van der Waals surface area (Å²) in [5, 5.41) is 6.13. The van der Waals surface area contributed by atoms with Crippen molar-refractivity contribution in [1.29, 1.82) is 0 Å². The lowest BCUT2D eigenvalue weighted by Gasteiger charge is -2.24. The molecule has 0 amide bonds. The Hall–Kier alpha value is -1.89. The first kappa shape index (κ1) is 17.0. The normalized spacial score (nSPS) is 11.5. The van der Waals surface area contributed by atoms with Crippen molar-refractivity contribution in [3.63, 3.8) is 0 Å². The SMILES string of the molecule is COCCN(CCOC)c1nc2c(Cl)c(C)nn2c2ccccc12. The van der Waals surface area contributed by atoms with Gasteiger partial charge in [-0.2, -0.15) is 5.10 Å². The highest BCUT2D eigenvalue weighted by Gasteiger charge is 2.18. The first-order valence-corrected chi connectivity index (χ1v) is 8.21. The summed E-state index contributed by atoms with van der Waals surface area (Å²) in [6, 6.07) is 8.07. The highest BCUT2D eigenvalue weighted by molar-refractivity contribution is 6.34. The summed E-state index contributed by atoms with van der Waals surface area (Å²) in [6.45, 7) is 4.54. The second-order valence-corrected chi connectivity index (χ2v) is 5.94. The van der Waals surface area contributed by atoms with E-state index in [1.165, 1.54) is 0 Å². The van der Waals surface area contributed by atoms with Crippen molar-refractivity contribution in [3.05, 3.63) is 35.0 Å². The largest absolute Gasteiger partial charge is 0.383 e. The average Bonchev–Trinajstić information content (AvgIpc) is 2.90. The van der Waals surface area contributed by atoms with E-state index in [1.54, 1.807) is 18.7 Å². The van der Waals surface area contributed by atoms with Crippen LogP contribution in [0.2, 0.25) is 5.02 Å². The van der Waals surface area contributed by atoms with Gasteiger partial charge in [0.2, 0.25) is 0 Å². The lowest BCUT2D eigenvalue weighted by Crippen LogP contribution is -2.31. The Balaban J connectivity index is 2.20. The lowest BCUT2D eigenvalue weighted by atomic mass is 10.2. The van der Waals surface area contributed by atoms with E-state index in [0.717, 1.165) is 35.5 Å². The third-order valence-corrected chi connectivity index (χ3v) is 4.42. The summed E-state index contributed by atoms with van der Waals surface area (Å²) in [5.74, 6) is 0.869. The van der Waals surface area contributed by atoms with Crippen molar-refractivity contribution < 1.29 is 9.47 Å². The Morgan fingerprint density at radius 2 is 1.79 bits per heavy atom. The van der Waals surface area contributed by atoms with Crippen molar-refractivity contribution in [2.75, 3.05) is 45.4 Å². The highest BCUT2D eigenvalue weighted by atomic mass is 35.5. The monoisotopic (exact) mass is 348 g/mol. The van der Waals surface area contributed by atoms with Gasteiger partial charge in [0.15, 0.2) is 5.65 Å². The molecule has 2 heterocycles. The van der Waals surface area contributed by atoms with E-state index < -0.39 is 0 Å². The number of aryl methyl sites for hydroxylation is 1. The molecular weight excluding hydrogens is 328 g/mol. The van der Waals surface area contributed by atoms with Gasteiger partial charge in [-0.05, 0) is 19.1 Å². The van der Waals surface area contributed by atoms with Crippen LogP contribution >= 0.6 is 11.6 Å². The van der Waals surface area contributed by atoms with E-state index in [-0.39, 0.29) is 0 Å². The Labute approximate surface area is 145 Å². The molecule has 0 bridgehead atoms. The third-order valence-electron chi connectivity index (χ3n) is 3.98. The van der Waals surface area contributed by atoms with Crippen LogP contribution in [0.5, 0.6) is 0 Å². The molecule has 1 aromatic carbocycles. The lowest BCUT2D eigenvalue weighted by molar-refractivity contribution is 0.190. The molecule has 3 rings (SSSR count). The molecule has 3 aromatic rings.